The Labute approximate surface area is 218 Å². The van der Waals surface area contributed by atoms with Crippen LogP contribution in [0.15, 0.2) is 24.7 Å². The average Bonchev–Trinajstić information content (AvgIpc) is 3.44. The lowest BCUT2D eigenvalue weighted by atomic mass is 10.1. The molecule has 1 fully saturated rings. The Morgan fingerprint density at radius 1 is 1.23 bits per heavy atom. The maximum Gasteiger partial charge on any atom is 0.433 e. The lowest BCUT2D eigenvalue weighted by Crippen LogP contribution is -2.42. The number of hydrogen-bond donors (Lipinski definition) is 4. The SMILES string of the molecule is CCNC(=O)[C@H]1O[C@@H](n2cnc3c(N)nc(C#CCN(C)C(=O)c4ccc(C(F)(F)F)nc4)nc32)[C@H](O)C1O. The monoisotopic (exact) mass is 548 g/mol. The van der Waals surface area contributed by atoms with Crippen molar-refractivity contribution in [1.29, 1.82) is 0 Å². The van der Waals surface area contributed by atoms with Crippen molar-refractivity contribution in [1.82, 2.24) is 34.7 Å². The Bertz CT molecular complexity index is 1450. The first-order chi connectivity index (χ1) is 18.4. The molecule has 0 aromatic carbocycles. The maximum absolute atomic E-state index is 12.7. The van der Waals surface area contributed by atoms with Crippen molar-refractivity contribution < 1.29 is 37.7 Å². The van der Waals surface area contributed by atoms with Crippen molar-refractivity contribution in [3.8, 4) is 11.8 Å². The fraction of sp³-hybridized carbons (Fsp3) is 0.391. The number of fused-ring (bicyclic) bond motifs is 1. The zero-order valence-corrected chi connectivity index (χ0v) is 20.5. The van der Waals surface area contributed by atoms with Gasteiger partial charge in [-0.05, 0) is 25.0 Å². The molecule has 3 aromatic heterocycles. The molecule has 13 nitrogen and oxygen atoms in total. The number of anilines is 1. The summed E-state index contributed by atoms with van der Waals surface area (Å²) >= 11 is 0. The highest BCUT2D eigenvalue weighted by Gasteiger charge is 2.47. The number of aliphatic hydroxyl groups is 2. The first-order valence-corrected chi connectivity index (χ1v) is 11.5. The van der Waals surface area contributed by atoms with Gasteiger partial charge in [0.15, 0.2) is 23.8 Å². The number of hydrogen-bond acceptors (Lipinski definition) is 10. The Hall–Kier alpha value is -4.33. The molecule has 0 saturated carbocycles. The molecule has 0 bridgehead atoms. The van der Waals surface area contributed by atoms with Crippen molar-refractivity contribution in [3.05, 3.63) is 41.7 Å². The number of aliphatic hydroxyl groups excluding tert-OH is 2. The molecule has 1 aliphatic heterocycles. The minimum Gasteiger partial charge on any atom is -0.387 e. The van der Waals surface area contributed by atoms with Crippen LogP contribution in [0, 0.1) is 11.8 Å². The van der Waals surface area contributed by atoms with Gasteiger partial charge in [0.05, 0.1) is 18.4 Å². The van der Waals surface area contributed by atoms with E-state index in [1.165, 1.54) is 17.9 Å². The molecule has 16 heteroatoms. The van der Waals surface area contributed by atoms with Crippen LogP contribution in [0.4, 0.5) is 19.0 Å². The fourth-order valence-electron chi connectivity index (χ4n) is 3.78. The molecule has 1 aliphatic rings. The van der Waals surface area contributed by atoms with E-state index in [9.17, 15) is 33.0 Å². The second-order valence-electron chi connectivity index (χ2n) is 8.47. The average molecular weight is 548 g/mol. The van der Waals surface area contributed by atoms with Gasteiger partial charge < -0.3 is 30.9 Å². The van der Waals surface area contributed by atoms with Gasteiger partial charge in [-0.1, -0.05) is 5.92 Å². The third-order valence-corrected chi connectivity index (χ3v) is 5.73. The highest BCUT2D eigenvalue weighted by atomic mass is 19.4. The molecular formula is C23H23F3N8O5. The highest BCUT2D eigenvalue weighted by Crippen LogP contribution is 2.32. The summed E-state index contributed by atoms with van der Waals surface area (Å²) in [6.07, 6.45) is -8.06. The Kier molecular flexibility index (Phi) is 7.67. The van der Waals surface area contributed by atoms with Crippen LogP contribution in [-0.2, 0) is 15.7 Å². The van der Waals surface area contributed by atoms with Crippen molar-refractivity contribution in [2.24, 2.45) is 0 Å². The molecule has 39 heavy (non-hydrogen) atoms. The summed E-state index contributed by atoms with van der Waals surface area (Å²) in [6.45, 7) is 1.86. The number of imidazole rings is 1. The molecule has 4 heterocycles. The van der Waals surface area contributed by atoms with E-state index in [0.717, 1.165) is 17.2 Å². The van der Waals surface area contributed by atoms with Crippen LogP contribution in [0.2, 0.25) is 0 Å². The molecule has 3 aromatic rings. The minimum atomic E-state index is -4.62. The van der Waals surface area contributed by atoms with E-state index in [1.54, 1.807) is 6.92 Å². The highest BCUT2D eigenvalue weighted by molar-refractivity contribution is 5.94. The lowest BCUT2D eigenvalue weighted by molar-refractivity contribution is -0.141. The van der Waals surface area contributed by atoms with Gasteiger partial charge in [-0.2, -0.15) is 13.2 Å². The van der Waals surface area contributed by atoms with Crippen molar-refractivity contribution in [2.45, 2.75) is 37.6 Å². The number of carbonyl (C=O) groups is 2. The second kappa shape index (κ2) is 10.8. The number of aromatic nitrogens is 5. The number of nitrogens with zero attached hydrogens (tertiary/aromatic N) is 6. The molecule has 4 atom stereocenters. The number of alkyl halides is 3. The number of nitrogens with one attached hydrogen (secondary N) is 1. The third kappa shape index (κ3) is 5.60. The first kappa shape index (κ1) is 27.7. The maximum atomic E-state index is 12.7. The van der Waals surface area contributed by atoms with E-state index >= 15 is 0 Å². The Balaban J connectivity index is 1.52. The zero-order valence-electron chi connectivity index (χ0n) is 20.5. The number of halogens is 3. The van der Waals surface area contributed by atoms with Crippen LogP contribution < -0.4 is 11.1 Å². The predicted molar refractivity (Wildman–Crippen MR) is 127 cm³/mol. The normalized spacial score (nSPS) is 20.9. The molecule has 2 amide bonds. The lowest BCUT2D eigenvalue weighted by Gasteiger charge is -2.16. The van der Waals surface area contributed by atoms with Crippen molar-refractivity contribution in [3.63, 3.8) is 0 Å². The van der Waals surface area contributed by atoms with Gasteiger partial charge in [-0.25, -0.2) is 15.0 Å². The summed E-state index contributed by atoms with van der Waals surface area (Å²) < 4.78 is 45.0. The topological polar surface area (TPSA) is 182 Å². The molecule has 5 N–H and O–H groups in total. The van der Waals surface area contributed by atoms with Gasteiger partial charge in [0.2, 0.25) is 5.82 Å². The molecule has 0 aliphatic carbocycles. The van der Waals surface area contributed by atoms with Gasteiger partial charge in [0.1, 0.15) is 23.4 Å². The summed E-state index contributed by atoms with van der Waals surface area (Å²) in [5.41, 5.74) is 5.08. The fourth-order valence-corrected chi connectivity index (χ4v) is 3.78. The predicted octanol–water partition coefficient (Wildman–Crippen LogP) is -0.299. The van der Waals surface area contributed by atoms with Crippen LogP contribution in [0.3, 0.4) is 0 Å². The summed E-state index contributed by atoms with van der Waals surface area (Å²) in [5, 5.41) is 23.3. The number of amides is 2. The number of nitrogens with two attached hydrogens (primary N) is 1. The van der Waals surface area contributed by atoms with Crippen LogP contribution in [-0.4, -0.2) is 89.9 Å². The second-order valence-corrected chi connectivity index (χ2v) is 8.47. The molecule has 4 rings (SSSR count). The van der Waals surface area contributed by atoms with Gasteiger partial charge in [-0.3, -0.25) is 19.1 Å². The Morgan fingerprint density at radius 2 is 1.97 bits per heavy atom. The van der Waals surface area contributed by atoms with Crippen molar-refractivity contribution in [2.75, 3.05) is 25.9 Å². The smallest absolute Gasteiger partial charge is 0.387 e. The van der Waals surface area contributed by atoms with E-state index in [0.29, 0.717) is 12.6 Å². The number of nitrogen functional groups attached to an aromatic ring is 1. The van der Waals surface area contributed by atoms with Gasteiger partial charge in [0, 0.05) is 19.8 Å². The molecule has 1 saturated heterocycles. The van der Waals surface area contributed by atoms with E-state index in [-0.39, 0.29) is 34.9 Å². The van der Waals surface area contributed by atoms with Crippen LogP contribution >= 0.6 is 0 Å². The standard InChI is InChI=1S/C23H23F3N8O5/c1-3-28-20(37)17-15(35)16(36)22(39-17)34-10-30-14-18(27)31-13(32-19(14)34)5-4-8-33(2)21(38)11-6-7-12(29-9-11)23(24,25)26/h6-7,9-10,15-17,22,35-36H,3,8H2,1-2H3,(H,28,37)(H2,27,31,32)/t15?,16-,17+,22-/m1/s1. The van der Waals surface area contributed by atoms with E-state index < -0.39 is 48.2 Å². The van der Waals surface area contributed by atoms with Crippen LogP contribution in [0.1, 0.15) is 35.0 Å². The number of ether oxygens (including phenoxy) is 1. The van der Waals surface area contributed by atoms with Gasteiger partial charge in [0.25, 0.3) is 11.8 Å². The quantitative estimate of drug-likeness (QED) is 0.309. The number of carbonyl (C=O) groups excluding carboxylic acids is 2. The molecular weight excluding hydrogens is 525 g/mol. The van der Waals surface area contributed by atoms with E-state index in [1.807, 2.05) is 0 Å². The third-order valence-electron chi connectivity index (χ3n) is 5.73. The number of pyridine rings is 1. The number of rotatable bonds is 5. The first-order valence-electron chi connectivity index (χ1n) is 11.5. The minimum absolute atomic E-state index is 0.0448. The zero-order chi connectivity index (χ0) is 28.5. The molecule has 206 valence electrons. The summed E-state index contributed by atoms with van der Waals surface area (Å²) in [5.74, 6) is 4.02. The van der Waals surface area contributed by atoms with E-state index in [2.05, 4.69) is 37.1 Å². The molecule has 0 spiro atoms. The largest absolute Gasteiger partial charge is 0.433 e. The van der Waals surface area contributed by atoms with E-state index in [4.69, 9.17) is 10.5 Å². The summed E-state index contributed by atoms with van der Waals surface area (Å²) in [4.78, 5) is 41.6. The number of likely N-dealkylation sites (N-methyl/N-ethyl adjacent to an activating group) is 1. The van der Waals surface area contributed by atoms with Crippen LogP contribution in [0.25, 0.3) is 11.2 Å². The Morgan fingerprint density at radius 3 is 2.62 bits per heavy atom. The van der Waals surface area contributed by atoms with Gasteiger partial charge >= 0.3 is 6.18 Å². The van der Waals surface area contributed by atoms with Crippen LogP contribution in [0.5, 0.6) is 0 Å². The summed E-state index contributed by atoms with van der Waals surface area (Å²) in [6, 6.07) is 1.73. The summed E-state index contributed by atoms with van der Waals surface area (Å²) in [7, 11) is 1.40. The molecule has 1 unspecified atom stereocenters. The molecule has 0 radical (unpaired) electrons. The van der Waals surface area contributed by atoms with Gasteiger partial charge in [-0.15, -0.1) is 0 Å². The van der Waals surface area contributed by atoms with Crippen molar-refractivity contribution >= 4 is 28.8 Å².